The highest BCUT2D eigenvalue weighted by Crippen LogP contribution is 2.17. The maximum atomic E-state index is 5.84. The molecular weight excluding hydrogens is 270 g/mol. The second-order valence-corrected chi connectivity index (χ2v) is 5.78. The SMILES string of the molecule is CC1CN(CCOc2ccccc2C(N)=S)CCN1C. The van der Waals surface area contributed by atoms with Gasteiger partial charge in [-0.3, -0.25) is 4.90 Å². The van der Waals surface area contributed by atoms with Crippen molar-refractivity contribution < 1.29 is 4.74 Å². The van der Waals surface area contributed by atoms with Crippen LogP contribution in [0.25, 0.3) is 0 Å². The molecule has 1 saturated heterocycles. The van der Waals surface area contributed by atoms with Gasteiger partial charge in [0.1, 0.15) is 17.3 Å². The van der Waals surface area contributed by atoms with Gasteiger partial charge in [-0.15, -0.1) is 0 Å². The Labute approximate surface area is 126 Å². The van der Waals surface area contributed by atoms with Crippen LogP contribution in [0.4, 0.5) is 0 Å². The summed E-state index contributed by atoms with van der Waals surface area (Å²) in [6.07, 6.45) is 0. The topological polar surface area (TPSA) is 41.7 Å². The fraction of sp³-hybridized carbons (Fsp3) is 0.533. The Morgan fingerprint density at radius 1 is 1.40 bits per heavy atom. The first-order chi connectivity index (χ1) is 9.58. The minimum absolute atomic E-state index is 0.383. The zero-order valence-electron chi connectivity index (χ0n) is 12.2. The normalized spacial score (nSPS) is 20.8. The van der Waals surface area contributed by atoms with Gasteiger partial charge >= 0.3 is 0 Å². The van der Waals surface area contributed by atoms with E-state index in [1.54, 1.807) is 0 Å². The minimum Gasteiger partial charge on any atom is -0.492 e. The number of ether oxygens (including phenoxy) is 1. The monoisotopic (exact) mass is 293 g/mol. The number of piperazine rings is 1. The Kier molecular flexibility index (Phi) is 5.34. The van der Waals surface area contributed by atoms with Crippen LogP contribution in [-0.2, 0) is 0 Å². The van der Waals surface area contributed by atoms with Gasteiger partial charge in [0.2, 0.25) is 0 Å². The first kappa shape index (κ1) is 15.2. The summed E-state index contributed by atoms with van der Waals surface area (Å²) in [4.78, 5) is 5.21. The van der Waals surface area contributed by atoms with Gasteiger partial charge in [-0.1, -0.05) is 24.4 Å². The number of rotatable bonds is 5. The highest BCUT2D eigenvalue weighted by atomic mass is 32.1. The van der Waals surface area contributed by atoms with E-state index in [0.717, 1.165) is 37.5 Å². The fourth-order valence-electron chi connectivity index (χ4n) is 2.41. The van der Waals surface area contributed by atoms with Gasteiger partial charge in [0, 0.05) is 32.2 Å². The van der Waals surface area contributed by atoms with Gasteiger partial charge in [-0.25, -0.2) is 0 Å². The molecule has 1 aliphatic heterocycles. The lowest BCUT2D eigenvalue weighted by molar-refractivity contribution is 0.0928. The fourth-order valence-corrected chi connectivity index (χ4v) is 2.58. The molecule has 5 heteroatoms. The molecule has 1 atom stereocenters. The molecule has 1 fully saturated rings. The molecule has 1 heterocycles. The number of likely N-dealkylation sites (N-methyl/N-ethyl adjacent to an activating group) is 1. The summed E-state index contributed by atoms with van der Waals surface area (Å²) in [5, 5.41) is 0. The van der Waals surface area contributed by atoms with Crippen molar-refractivity contribution in [1.29, 1.82) is 0 Å². The molecule has 0 bridgehead atoms. The van der Waals surface area contributed by atoms with Crippen molar-refractivity contribution in [2.45, 2.75) is 13.0 Å². The van der Waals surface area contributed by atoms with E-state index in [1.165, 1.54) is 0 Å². The van der Waals surface area contributed by atoms with Crippen LogP contribution in [0.2, 0.25) is 0 Å². The molecule has 1 aliphatic rings. The third kappa shape index (κ3) is 3.91. The van der Waals surface area contributed by atoms with Gasteiger partial charge in [-0.2, -0.15) is 0 Å². The summed E-state index contributed by atoms with van der Waals surface area (Å²) in [7, 11) is 2.18. The van der Waals surface area contributed by atoms with Crippen molar-refractivity contribution in [3.63, 3.8) is 0 Å². The summed E-state index contributed by atoms with van der Waals surface area (Å²) in [5.74, 6) is 0.780. The van der Waals surface area contributed by atoms with Crippen molar-refractivity contribution in [3.05, 3.63) is 29.8 Å². The van der Waals surface area contributed by atoms with Crippen molar-refractivity contribution >= 4 is 17.2 Å². The molecule has 1 unspecified atom stereocenters. The van der Waals surface area contributed by atoms with Gasteiger partial charge in [0.05, 0.1) is 5.56 Å². The van der Waals surface area contributed by atoms with Crippen molar-refractivity contribution in [2.75, 3.05) is 39.8 Å². The van der Waals surface area contributed by atoms with Crippen LogP contribution < -0.4 is 10.5 Å². The molecule has 4 nitrogen and oxygen atoms in total. The third-order valence-electron chi connectivity index (χ3n) is 3.86. The van der Waals surface area contributed by atoms with Crippen LogP contribution in [0.1, 0.15) is 12.5 Å². The van der Waals surface area contributed by atoms with E-state index < -0.39 is 0 Å². The predicted octanol–water partition coefficient (Wildman–Crippen LogP) is 1.34. The zero-order valence-corrected chi connectivity index (χ0v) is 13.0. The lowest BCUT2D eigenvalue weighted by Crippen LogP contribution is -2.50. The van der Waals surface area contributed by atoms with E-state index in [2.05, 4.69) is 23.8 Å². The lowest BCUT2D eigenvalue weighted by Gasteiger charge is -2.37. The second-order valence-electron chi connectivity index (χ2n) is 5.34. The molecule has 0 aliphatic carbocycles. The minimum atomic E-state index is 0.383. The molecule has 0 aromatic heterocycles. The number of thiocarbonyl (C=S) groups is 1. The molecular formula is C15H23N3OS. The number of benzene rings is 1. The average molecular weight is 293 g/mol. The molecule has 0 spiro atoms. The zero-order chi connectivity index (χ0) is 14.5. The van der Waals surface area contributed by atoms with Gasteiger partial charge < -0.3 is 15.4 Å². The standard InChI is InChI=1S/C15H23N3OS/c1-12-11-18(8-7-17(12)2)9-10-19-14-6-4-3-5-13(14)15(16)20/h3-6,12H,7-11H2,1-2H3,(H2,16,20). The highest BCUT2D eigenvalue weighted by molar-refractivity contribution is 7.80. The van der Waals surface area contributed by atoms with E-state index >= 15 is 0 Å². The van der Waals surface area contributed by atoms with E-state index in [4.69, 9.17) is 22.7 Å². The van der Waals surface area contributed by atoms with Crippen molar-refractivity contribution in [3.8, 4) is 5.75 Å². The Bertz CT molecular complexity index is 466. The maximum absolute atomic E-state index is 5.84. The molecule has 1 aromatic carbocycles. The predicted molar refractivity (Wildman–Crippen MR) is 86.4 cm³/mol. The van der Waals surface area contributed by atoms with E-state index in [9.17, 15) is 0 Å². The molecule has 20 heavy (non-hydrogen) atoms. The van der Waals surface area contributed by atoms with Crippen LogP contribution in [0.5, 0.6) is 5.75 Å². The third-order valence-corrected chi connectivity index (χ3v) is 4.08. The molecule has 0 radical (unpaired) electrons. The molecule has 110 valence electrons. The summed E-state index contributed by atoms with van der Waals surface area (Å²) in [6.45, 7) is 7.16. The molecule has 0 saturated carbocycles. The van der Waals surface area contributed by atoms with Crippen LogP contribution in [0.15, 0.2) is 24.3 Å². The number of para-hydroxylation sites is 1. The van der Waals surface area contributed by atoms with Crippen LogP contribution in [0.3, 0.4) is 0 Å². The van der Waals surface area contributed by atoms with Crippen LogP contribution in [0, 0.1) is 0 Å². The lowest BCUT2D eigenvalue weighted by atomic mass is 10.2. The summed E-state index contributed by atoms with van der Waals surface area (Å²) >= 11 is 5.04. The number of hydrogen-bond donors (Lipinski definition) is 1. The van der Waals surface area contributed by atoms with E-state index in [-0.39, 0.29) is 0 Å². The number of nitrogens with two attached hydrogens (primary N) is 1. The molecule has 1 aromatic rings. The van der Waals surface area contributed by atoms with Gasteiger partial charge in [0.25, 0.3) is 0 Å². The Morgan fingerprint density at radius 3 is 2.85 bits per heavy atom. The maximum Gasteiger partial charge on any atom is 0.129 e. The summed E-state index contributed by atoms with van der Waals surface area (Å²) in [5.41, 5.74) is 6.51. The largest absolute Gasteiger partial charge is 0.492 e. The van der Waals surface area contributed by atoms with Crippen molar-refractivity contribution in [1.82, 2.24) is 9.80 Å². The molecule has 2 rings (SSSR count). The van der Waals surface area contributed by atoms with Crippen molar-refractivity contribution in [2.24, 2.45) is 5.73 Å². The Balaban J connectivity index is 1.83. The number of hydrogen-bond acceptors (Lipinski definition) is 4. The Hall–Kier alpha value is -1.17. The summed E-state index contributed by atoms with van der Waals surface area (Å²) < 4.78 is 5.84. The van der Waals surface area contributed by atoms with Gasteiger partial charge in [-0.05, 0) is 26.1 Å². The molecule has 2 N–H and O–H groups in total. The first-order valence-electron chi connectivity index (χ1n) is 7.02. The highest BCUT2D eigenvalue weighted by Gasteiger charge is 2.20. The first-order valence-corrected chi connectivity index (χ1v) is 7.43. The van der Waals surface area contributed by atoms with E-state index in [1.807, 2.05) is 24.3 Å². The quantitative estimate of drug-likeness (QED) is 0.830. The van der Waals surface area contributed by atoms with Gasteiger partial charge in [0.15, 0.2) is 0 Å². The number of nitrogens with zero attached hydrogens (tertiary/aromatic N) is 2. The molecule has 0 amide bonds. The second kappa shape index (κ2) is 7.02. The van der Waals surface area contributed by atoms with Crippen LogP contribution >= 0.6 is 12.2 Å². The average Bonchev–Trinajstić information content (AvgIpc) is 2.43. The summed E-state index contributed by atoms with van der Waals surface area (Å²) in [6, 6.07) is 8.28. The van der Waals surface area contributed by atoms with E-state index in [0.29, 0.717) is 17.6 Å². The van der Waals surface area contributed by atoms with Crippen LogP contribution in [-0.4, -0.2) is 60.7 Å². The Morgan fingerprint density at radius 2 is 2.15 bits per heavy atom. The smallest absolute Gasteiger partial charge is 0.129 e.